The van der Waals surface area contributed by atoms with E-state index >= 15 is 0 Å². The molecule has 1 unspecified atom stereocenters. The number of hydrogen-bond acceptors (Lipinski definition) is 4. The predicted molar refractivity (Wildman–Crippen MR) is 101 cm³/mol. The van der Waals surface area contributed by atoms with Gasteiger partial charge in [-0.05, 0) is 50.2 Å². The Bertz CT molecular complexity index is 525. The summed E-state index contributed by atoms with van der Waals surface area (Å²) in [6.07, 6.45) is 6.96. The van der Waals surface area contributed by atoms with Crippen LogP contribution in [0.5, 0.6) is 0 Å². The first-order chi connectivity index (χ1) is 11.9. The van der Waals surface area contributed by atoms with E-state index in [-0.39, 0.29) is 18.5 Å². The number of rotatable bonds is 7. The Kier molecular flexibility index (Phi) is 7.05. The van der Waals surface area contributed by atoms with E-state index in [0.717, 1.165) is 32.4 Å². The summed E-state index contributed by atoms with van der Waals surface area (Å²) < 4.78 is 0. The van der Waals surface area contributed by atoms with E-state index in [1.54, 1.807) is 6.92 Å². The molecule has 3 N–H and O–H groups in total. The summed E-state index contributed by atoms with van der Waals surface area (Å²) in [4.78, 5) is 18.3. The summed E-state index contributed by atoms with van der Waals surface area (Å²) in [6.45, 7) is 8.68. The van der Waals surface area contributed by atoms with E-state index in [2.05, 4.69) is 32.7 Å². The molecule has 0 saturated carbocycles. The highest BCUT2D eigenvalue weighted by Gasteiger charge is 2.25. The van der Waals surface area contributed by atoms with Gasteiger partial charge in [0.05, 0.1) is 5.60 Å². The third kappa shape index (κ3) is 6.20. The molecule has 140 valence electrons. The number of aliphatic hydroxyl groups is 1. The van der Waals surface area contributed by atoms with Crippen molar-refractivity contribution in [2.45, 2.75) is 45.6 Å². The second kappa shape index (κ2) is 9.04. The van der Waals surface area contributed by atoms with E-state index < -0.39 is 5.60 Å². The van der Waals surface area contributed by atoms with Crippen LogP contribution < -0.4 is 15.5 Å². The highest BCUT2D eigenvalue weighted by atomic mass is 16.3. The maximum Gasteiger partial charge on any atom is 0.314 e. The molecule has 2 amide bonds. The molecule has 6 nitrogen and oxygen atoms in total. The summed E-state index contributed by atoms with van der Waals surface area (Å²) in [7, 11) is 0. The molecular weight excluding hydrogens is 316 g/mol. The van der Waals surface area contributed by atoms with Gasteiger partial charge in [0.2, 0.25) is 0 Å². The van der Waals surface area contributed by atoms with Crippen molar-refractivity contribution in [2.24, 2.45) is 11.8 Å². The summed E-state index contributed by atoms with van der Waals surface area (Å²) in [5.41, 5.74) is 0.361. The lowest BCUT2D eigenvalue weighted by atomic mass is 9.92. The SMILES string of the molecule is CC(C)C(C)(O)CNC(=O)NCCC1CCN(c2ccncc2)CC1. The maximum atomic E-state index is 11.8. The van der Waals surface area contributed by atoms with Crippen LogP contribution in [0.4, 0.5) is 10.5 Å². The smallest absolute Gasteiger partial charge is 0.314 e. The van der Waals surface area contributed by atoms with Gasteiger partial charge in [0.15, 0.2) is 0 Å². The first-order valence-electron chi connectivity index (χ1n) is 9.27. The van der Waals surface area contributed by atoms with Gasteiger partial charge in [0.25, 0.3) is 0 Å². The Morgan fingerprint density at radius 3 is 2.56 bits per heavy atom. The van der Waals surface area contributed by atoms with Crippen LogP contribution in [0.15, 0.2) is 24.5 Å². The van der Waals surface area contributed by atoms with E-state index in [0.29, 0.717) is 12.5 Å². The van der Waals surface area contributed by atoms with Crippen molar-refractivity contribution in [3.05, 3.63) is 24.5 Å². The standard InChI is InChI=1S/C19H32N4O2/c1-15(2)19(3,25)14-22-18(24)21-11-4-16-7-12-23(13-8-16)17-5-9-20-10-6-17/h5-6,9-10,15-16,25H,4,7-8,11-14H2,1-3H3,(H2,21,22,24). The number of urea groups is 1. The Labute approximate surface area is 151 Å². The fourth-order valence-corrected chi connectivity index (χ4v) is 2.95. The fourth-order valence-electron chi connectivity index (χ4n) is 2.95. The number of hydrogen-bond donors (Lipinski definition) is 3. The highest BCUT2D eigenvalue weighted by molar-refractivity contribution is 5.73. The van der Waals surface area contributed by atoms with Crippen LogP contribution in [0.2, 0.25) is 0 Å². The first kappa shape index (κ1) is 19.5. The Morgan fingerprint density at radius 1 is 1.32 bits per heavy atom. The lowest BCUT2D eigenvalue weighted by Gasteiger charge is -2.33. The minimum atomic E-state index is -0.878. The zero-order valence-electron chi connectivity index (χ0n) is 15.7. The number of nitrogens with one attached hydrogen (secondary N) is 2. The molecule has 2 heterocycles. The third-order valence-electron chi connectivity index (χ3n) is 5.33. The molecular formula is C19H32N4O2. The molecule has 1 aromatic rings. The summed E-state index contributed by atoms with van der Waals surface area (Å²) in [5, 5.41) is 15.8. The number of carbonyl (C=O) groups excluding carboxylic acids is 1. The van der Waals surface area contributed by atoms with E-state index in [9.17, 15) is 9.90 Å². The van der Waals surface area contributed by atoms with Gasteiger partial charge in [0, 0.05) is 44.3 Å². The van der Waals surface area contributed by atoms with Crippen molar-refractivity contribution in [3.63, 3.8) is 0 Å². The number of amides is 2. The number of pyridine rings is 1. The number of piperidine rings is 1. The molecule has 6 heteroatoms. The Hall–Kier alpha value is -1.82. The molecule has 25 heavy (non-hydrogen) atoms. The Morgan fingerprint density at radius 2 is 1.96 bits per heavy atom. The normalized spacial score (nSPS) is 18.0. The van der Waals surface area contributed by atoms with Gasteiger partial charge < -0.3 is 20.6 Å². The van der Waals surface area contributed by atoms with Crippen LogP contribution in [-0.2, 0) is 0 Å². The van der Waals surface area contributed by atoms with Crippen LogP contribution >= 0.6 is 0 Å². The van der Waals surface area contributed by atoms with Gasteiger partial charge in [-0.2, -0.15) is 0 Å². The fraction of sp³-hybridized carbons (Fsp3) is 0.684. The van der Waals surface area contributed by atoms with Crippen LogP contribution in [0.1, 0.15) is 40.0 Å². The van der Waals surface area contributed by atoms with Crippen molar-refractivity contribution >= 4 is 11.7 Å². The number of carbonyl (C=O) groups is 1. The summed E-state index contributed by atoms with van der Waals surface area (Å²) >= 11 is 0. The molecule has 0 aliphatic carbocycles. The molecule has 2 rings (SSSR count). The molecule has 0 spiro atoms. The van der Waals surface area contributed by atoms with Gasteiger partial charge in [-0.1, -0.05) is 13.8 Å². The van der Waals surface area contributed by atoms with Crippen molar-refractivity contribution < 1.29 is 9.90 Å². The van der Waals surface area contributed by atoms with Gasteiger partial charge in [-0.15, -0.1) is 0 Å². The molecule has 0 bridgehead atoms. The molecule has 1 aliphatic rings. The summed E-state index contributed by atoms with van der Waals surface area (Å²) in [6, 6.07) is 3.91. The maximum absolute atomic E-state index is 11.8. The van der Waals surface area contributed by atoms with Crippen molar-refractivity contribution in [3.8, 4) is 0 Å². The van der Waals surface area contributed by atoms with Crippen LogP contribution in [0.25, 0.3) is 0 Å². The number of nitrogens with zero attached hydrogens (tertiary/aromatic N) is 2. The van der Waals surface area contributed by atoms with Crippen LogP contribution in [-0.4, -0.2) is 47.9 Å². The average molecular weight is 348 g/mol. The lowest BCUT2D eigenvalue weighted by Crippen LogP contribution is -2.47. The second-order valence-electron chi connectivity index (χ2n) is 7.55. The van der Waals surface area contributed by atoms with Crippen LogP contribution in [0.3, 0.4) is 0 Å². The Balaban J connectivity index is 1.61. The topological polar surface area (TPSA) is 77.5 Å². The molecule has 1 aliphatic heterocycles. The van der Waals surface area contributed by atoms with E-state index in [1.807, 2.05) is 26.2 Å². The molecule has 1 aromatic heterocycles. The third-order valence-corrected chi connectivity index (χ3v) is 5.33. The van der Waals surface area contributed by atoms with E-state index in [4.69, 9.17) is 0 Å². The van der Waals surface area contributed by atoms with Gasteiger partial charge >= 0.3 is 6.03 Å². The van der Waals surface area contributed by atoms with Crippen molar-refractivity contribution in [2.75, 3.05) is 31.1 Å². The zero-order chi connectivity index (χ0) is 18.3. The first-order valence-corrected chi connectivity index (χ1v) is 9.27. The monoisotopic (exact) mass is 348 g/mol. The molecule has 1 saturated heterocycles. The van der Waals surface area contributed by atoms with Gasteiger partial charge in [-0.25, -0.2) is 4.79 Å². The molecule has 0 aromatic carbocycles. The quantitative estimate of drug-likeness (QED) is 0.707. The second-order valence-corrected chi connectivity index (χ2v) is 7.55. The van der Waals surface area contributed by atoms with Gasteiger partial charge in [-0.3, -0.25) is 4.98 Å². The van der Waals surface area contributed by atoms with Crippen molar-refractivity contribution in [1.82, 2.24) is 15.6 Å². The summed E-state index contributed by atoms with van der Waals surface area (Å²) in [5.74, 6) is 0.746. The lowest BCUT2D eigenvalue weighted by molar-refractivity contribution is 0.0166. The highest BCUT2D eigenvalue weighted by Crippen LogP contribution is 2.24. The predicted octanol–water partition coefficient (Wildman–Crippen LogP) is 2.39. The molecule has 0 radical (unpaired) electrons. The number of aromatic nitrogens is 1. The minimum absolute atomic E-state index is 0.0957. The van der Waals surface area contributed by atoms with Crippen molar-refractivity contribution in [1.29, 1.82) is 0 Å². The van der Waals surface area contributed by atoms with E-state index in [1.165, 1.54) is 5.69 Å². The van der Waals surface area contributed by atoms with Gasteiger partial charge in [0.1, 0.15) is 0 Å². The zero-order valence-corrected chi connectivity index (χ0v) is 15.7. The molecule has 1 fully saturated rings. The average Bonchev–Trinajstić information content (AvgIpc) is 2.61. The van der Waals surface area contributed by atoms with Crippen LogP contribution in [0, 0.1) is 11.8 Å². The largest absolute Gasteiger partial charge is 0.388 e. The minimum Gasteiger partial charge on any atom is -0.388 e. The molecule has 1 atom stereocenters. The number of anilines is 1.